The van der Waals surface area contributed by atoms with Gasteiger partial charge < -0.3 is 14.2 Å². The van der Waals surface area contributed by atoms with Crippen LogP contribution in [0.2, 0.25) is 0 Å². The van der Waals surface area contributed by atoms with Crippen molar-refractivity contribution in [3.63, 3.8) is 0 Å². The molecule has 6 nitrogen and oxygen atoms in total. The van der Waals surface area contributed by atoms with Gasteiger partial charge in [0.2, 0.25) is 0 Å². The predicted octanol–water partition coefficient (Wildman–Crippen LogP) is 19.7. The number of unbranched alkanes of at least 4 members (excludes halogenated alkanes) is 31. The van der Waals surface area contributed by atoms with Gasteiger partial charge in [0, 0.05) is 19.3 Å². The van der Waals surface area contributed by atoms with Gasteiger partial charge in [-0.25, -0.2) is 0 Å². The fourth-order valence-corrected chi connectivity index (χ4v) is 8.06. The van der Waals surface area contributed by atoms with Crippen LogP contribution in [0.25, 0.3) is 0 Å². The summed E-state index contributed by atoms with van der Waals surface area (Å²) in [5.74, 6) is -0.932. The Morgan fingerprint density at radius 3 is 0.857 bits per heavy atom. The zero-order valence-electron chi connectivity index (χ0n) is 45.8. The maximum Gasteiger partial charge on any atom is 0.306 e. The molecule has 6 heteroatoms. The summed E-state index contributed by atoms with van der Waals surface area (Å²) in [7, 11) is 0. The summed E-state index contributed by atoms with van der Waals surface area (Å²) in [4.78, 5) is 38.2. The van der Waals surface area contributed by atoms with Crippen molar-refractivity contribution in [1.29, 1.82) is 0 Å². The minimum atomic E-state index is -0.799. The van der Waals surface area contributed by atoms with Gasteiger partial charge in [-0.3, -0.25) is 14.4 Å². The van der Waals surface area contributed by atoms with Gasteiger partial charge in [0.1, 0.15) is 13.2 Å². The smallest absolute Gasteiger partial charge is 0.306 e. The molecular weight excluding hydrogens is 865 g/mol. The Labute approximate surface area is 432 Å². The topological polar surface area (TPSA) is 78.9 Å². The third kappa shape index (κ3) is 55.3. The van der Waals surface area contributed by atoms with Crippen molar-refractivity contribution in [2.45, 2.75) is 277 Å². The highest BCUT2D eigenvalue weighted by atomic mass is 16.6. The zero-order valence-corrected chi connectivity index (χ0v) is 45.8. The first-order valence-corrected chi connectivity index (χ1v) is 29.3. The van der Waals surface area contributed by atoms with Crippen molar-refractivity contribution in [2.75, 3.05) is 13.2 Å². The summed E-state index contributed by atoms with van der Waals surface area (Å²) in [5.41, 5.74) is 0. The van der Waals surface area contributed by atoms with Gasteiger partial charge in [-0.1, -0.05) is 285 Å². The average Bonchev–Trinajstić information content (AvgIpc) is 3.36. The van der Waals surface area contributed by atoms with Crippen LogP contribution >= 0.6 is 0 Å². The molecule has 0 aliphatic carbocycles. The summed E-state index contributed by atoms with van der Waals surface area (Å²) in [6.45, 7) is 6.52. The second-order valence-electron chi connectivity index (χ2n) is 19.4. The van der Waals surface area contributed by atoms with E-state index in [0.29, 0.717) is 19.3 Å². The fraction of sp³-hybridized carbons (Fsp3) is 0.703. The average molecular weight is 974 g/mol. The van der Waals surface area contributed by atoms with Gasteiger partial charge >= 0.3 is 17.9 Å². The van der Waals surface area contributed by atoms with Crippen molar-refractivity contribution in [1.82, 2.24) is 0 Å². The lowest BCUT2D eigenvalue weighted by molar-refractivity contribution is -0.167. The molecule has 0 spiro atoms. The fourth-order valence-electron chi connectivity index (χ4n) is 8.06. The van der Waals surface area contributed by atoms with Gasteiger partial charge in [0.25, 0.3) is 0 Å². The first-order valence-electron chi connectivity index (χ1n) is 29.3. The molecule has 0 aliphatic rings. The Bertz CT molecular complexity index is 1400. The molecule has 0 radical (unpaired) electrons. The molecule has 0 aliphatic heterocycles. The van der Waals surface area contributed by atoms with Crippen LogP contribution in [0.5, 0.6) is 0 Å². The predicted molar refractivity (Wildman–Crippen MR) is 302 cm³/mol. The molecule has 0 aromatic heterocycles. The van der Waals surface area contributed by atoms with Crippen LogP contribution in [0.15, 0.2) is 97.2 Å². The molecule has 1 unspecified atom stereocenters. The molecule has 0 bridgehead atoms. The molecular formula is C64H108O6. The molecule has 1 atom stereocenters. The van der Waals surface area contributed by atoms with E-state index in [1.54, 1.807) is 0 Å². The van der Waals surface area contributed by atoms with Crippen LogP contribution in [0.4, 0.5) is 0 Å². The van der Waals surface area contributed by atoms with Crippen LogP contribution in [0, 0.1) is 0 Å². The highest BCUT2D eigenvalue weighted by Gasteiger charge is 2.19. The summed E-state index contributed by atoms with van der Waals surface area (Å²) in [6.07, 6.45) is 76.7. The summed E-state index contributed by atoms with van der Waals surface area (Å²) in [6, 6.07) is 0. The first kappa shape index (κ1) is 66.3. The SMILES string of the molecule is CCC\C=C/C=C\C=C/C=C\C=C/CCCCCCCC(=O)OCC(COC(=O)CCCCCCCCCCCCCCCCCC)OC(=O)CCCCCCC\C=C/C=C\C=C/CCCCCCC. The lowest BCUT2D eigenvalue weighted by Gasteiger charge is -2.18. The monoisotopic (exact) mass is 973 g/mol. The van der Waals surface area contributed by atoms with Gasteiger partial charge in [-0.05, 0) is 64.2 Å². The van der Waals surface area contributed by atoms with E-state index in [2.05, 4.69) is 93.7 Å². The minimum Gasteiger partial charge on any atom is -0.462 e. The van der Waals surface area contributed by atoms with E-state index in [1.165, 1.54) is 122 Å². The summed E-state index contributed by atoms with van der Waals surface area (Å²) < 4.78 is 16.9. The third-order valence-electron chi connectivity index (χ3n) is 12.5. The van der Waals surface area contributed by atoms with Crippen LogP contribution < -0.4 is 0 Å². The van der Waals surface area contributed by atoms with Crippen LogP contribution in [-0.2, 0) is 28.6 Å². The lowest BCUT2D eigenvalue weighted by Crippen LogP contribution is -2.30. The van der Waals surface area contributed by atoms with Gasteiger partial charge in [0.05, 0.1) is 0 Å². The Balaban J connectivity index is 4.48. The lowest BCUT2D eigenvalue weighted by atomic mass is 10.0. The van der Waals surface area contributed by atoms with E-state index < -0.39 is 6.10 Å². The zero-order chi connectivity index (χ0) is 50.7. The van der Waals surface area contributed by atoms with Crippen LogP contribution in [0.1, 0.15) is 271 Å². The molecule has 0 saturated heterocycles. The van der Waals surface area contributed by atoms with E-state index in [4.69, 9.17) is 14.2 Å². The number of allylic oxidation sites excluding steroid dienone is 16. The standard InChI is InChI=1S/C64H108O6/c1-4-7-10-13-16-19-22-25-28-31-33-36-39-42-45-48-51-54-57-63(66)69-60-61(59-68-62(65)56-53-50-47-44-41-38-35-30-27-24-21-18-15-12-9-6-3)70-64(67)58-55-52-49-46-43-40-37-34-32-29-26-23-20-17-14-11-8-5-2/h10,13,16,19,22-23,25-26,28-29,31-34,36-37,61H,4-9,11-12,14-15,17-18,20-21,24,27,30,35,38-60H2,1-3H3/b13-10-,19-16-,25-22-,26-23-,31-28-,32-29-,36-33-,37-34-. The molecule has 0 aromatic carbocycles. The highest BCUT2D eigenvalue weighted by molar-refractivity contribution is 5.71. The molecule has 0 saturated carbocycles. The van der Waals surface area contributed by atoms with Crippen molar-refractivity contribution < 1.29 is 28.6 Å². The number of hydrogen-bond acceptors (Lipinski definition) is 6. The second-order valence-corrected chi connectivity index (χ2v) is 19.4. The third-order valence-corrected chi connectivity index (χ3v) is 12.5. The Morgan fingerprint density at radius 1 is 0.286 bits per heavy atom. The Hall–Kier alpha value is -3.67. The Kier molecular flexibility index (Phi) is 54.9. The molecule has 0 aromatic rings. The first-order chi connectivity index (χ1) is 34.5. The van der Waals surface area contributed by atoms with Crippen LogP contribution in [-0.4, -0.2) is 37.2 Å². The largest absolute Gasteiger partial charge is 0.462 e. The summed E-state index contributed by atoms with van der Waals surface area (Å²) in [5, 5.41) is 0. The summed E-state index contributed by atoms with van der Waals surface area (Å²) >= 11 is 0. The van der Waals surface area contributed by atoms with Crippen molar-refractivity contribution in [3.8, 4) is 0 Å². The number of carbonyl (C=O) groups is 3. The van der Waals surface area contributed by atoms with Crippen LogP contribution in [0.3, 0.4) is 0 Å². The van der Waals surface area contributed by atoms with Gasteiger partial charge in [-0.2, -0.15) is 0 Å². The quantitative estimate of drug-likeness (QED) is 0.0262. The normalized spacial score (nSPS) is 12.8. The molecule has 400 valence electrons. The van der Waals surface area contributed by atoms with Crippen molar-refractivity contribution in [3.05, 3.63) is 97.2 Å². The van der Waals surface area contributed by atoms with E-state index in [9.17, 15) is 14.4 Å². The van der Waals surface area contributed by atoms with Crippen molar-refractivity contribution in [2.24, 2.45) is 0 Å². The minimum absolute atomic E-state index is 0.0931. The molecule has 0 heterocycles. The van der Waals surface area contributed by atoms with E-state index in [-0.39, 0.29) is 31.1 Å². The van der Waals surface area contributed by atoms with E-state index in [0.717, 1.165) is 109 Å². The maximum atomic E-state index is 12.9. The van der Waals surface area contributed by atoms with Crippen molar-refractivity contribution >= 4 is 17.9 Å². The number of hydrogen-bond donors (Lipinski definition) is 0. The molecule has 0 fully saturated rings. The molecule has 70 heavy (non-hydrogen) atoms. The highest BCUT2D eigenvalue weighted by Crippen LogP contribution is 2.16. The van der Waals surface area contributed by atoms with Gasteiger partial charge in [-0.15, -0.1) is 0 Å². The van der Waals surface area contributed by atoms with E-state index >= 15 is 0 Å². The van der Waals surface area contributed by atoms with Gasteiger partial charge in [0.15, 0.2) is 6.10 Å². The number of esters is 3. The second kappa shape index (κ2) is 57.9. The Morgan fingerprint density at radius 2 is 0.543 bits per heavy atom. The number of rotatable bonds is 52. The maximum absolute atomic E-state index is 12.9. The number of carbonyl (C=O) groups excluding carboxylic acids is 3. The molecule has 0 amide bonds. The molecule has 0 N–H and O–H groups in total. The molecule has 0 rings (SSSR count). The number of ether oxygens (including phenoxy) is 3. The van der Waals surface area contributed by atoms with E-state index in [1.807, 2.05) is 24.3 Å².